The molecule has 0 bridgehead atoms. The van der Waals surface area contributed by atoms with Gasteiger partial charge in [0.1, 0.15) is 0 Å². The third-order valence-electron chi connectivity index (χ3n) is 3.92. The molecule has 10 heteroatoms. The number of hydrazone groups is 1. The Hall–Kier alpha value is -3.14. The number of hydrogen-bond donors (Lipinski definition) is 1. The lowest BCUT2D eigenvalue weighted by atomic mass is 10.1. The summed E-state index contributed by atoms with van der Waals surface area (Å²) in [6, 6.07) is 11.3. The lowest BCUT2D eigenvalue weighted by Gasteiger charge is -2.08. The van der Waals surface area contributed by atoms with Crippen LogP contribution in [0.3, 0.4) is 0 Å². The lowest BCUT2D eigenvalue weighted by molar-refractivity contribution is -0.137. The van der Waals surface area contributed by atoms with Crippen molar-refractivity contribution in [1.29, 1.82) is 0 Å². The highest BCUT2D eigenvalue weighted by atomic mass is 32.2. The number of rotatable bonds is 5. The van der Waals surface area contributed by atoms with Gasteiger partial charge in [0, 0.05) is 7.05 Å². The summed E-state index contributed by atoms with van der Waals surface area (Å²) in [6.07, 6.45) is -3.16. The van der Waals surface area contributed by atoms with Crippen LogP contribution in [0.5, 0.6) is 0 Å². The van der Waals surface area contributed by atoms with Gasteiger partial charge < -0.3 is 0 Å². The van der Waals surface area contributed by atoms with Gasteiger partial charge in [0.2, 0.25) is 0 Å². The summed E-state index contributed by atoms with van der Waals surface area (Å²) in [7, 11) is 1.57. The average molecular weight is 420 g/mol. The highest BCUT2D eigenvalue weighted by molar-refractivity contribution is 7.99. The fourth-order valence-corrected chi connectivity index (χ4v) is 3.19. The number of hydrogen-bond acceptors (Lipinski definition) is 5. The van der Waals surface area contributed by atoms with Crippen LogP contribution < -0.4 is 11.0 Å². The van der Waals surface area contributed by atoms with Crippen LogP contribution >= 0.6 is 11.8 Å². The van der Waals surface area contributed by atoms with Gasteiger partial charge in [-0.15, -0.1) is 0 Å². The van der Waals surface area contributed by atoms with E-state index in [1.807, 2.05) is 0 Å². The maximum absolute atomic E-state index is 12.5. The van der Waals surface area contributed by atoms with E-state index in [1.54, 1.807) is 31.3 Å². The van der Waals surface area contributed by atoms with Crippen molar-refractivity contribution in [3.63, 3.8) is 0 Å². The van der Waals surface area contributed by atoms with Crippen molar-refractivity contribution in [2.45, 2.75) is 11.3 Å². The fraction of sp³-hybridized carbons (Fsp3) is 0.158. The molecule has 150 valence electrons. The van der Waals surface area contributed by atoms with Crippen LogP contribution in [-0.4, -0.2) is 27.4 Å². The molecular weight excluding hydrogens is 405 g/mol. The number of amides is 1. The van der Waals surface area contributed by atoms with Crippen LogP contribution in [0.4, 0.5) is 13.2 Å². The first kappa shape index (κ1) is 20.6. The Morgan fingerprint density at radius 3 is 2.59 bits per heavy atom. The van der Waals surface area contributed by atoms with E-state index < -0.39 is 17.6 Å². The molecule has 3 rings (SSSR count). The topological polar surface area (TPSA) is 76.3 Å². The Balaban J connectivity index is 1.59. The normalized spacial score (nSPS) is 11.9. The molecule has 0 atom stereocenters. The molecule has 1 amide bonds. The monoisotopic (exact) mass is 420 g/mol. The predicted molar refractivity (Wildman–Crippen MR) is 105 cm³/mol. The predicted octanol–water partition coefficient (Wildman–Crippen LogP) is 3.19. The van der Waals surface area contributed by atoms with E-state index in [0.717, 1.165) is 23.9 Å². The molecule has 0 unspecified atom stereocenters. The molecule has 0 fully saturated rings. The van der Waals surface area contributed by atoms with E-state index in [0.29, 0.717) is 21.6 Å². The van der Waals surface area contributed by atoms with Crippen LogP contribution in [0.2, 0.25) is 0 Å². The smallest absolute Gasteiger partial charge is 0.290 e. The Kier molecular flexibility index (Phi) is 6.02. The summed E-state index contributed by atoms with van der Waals surface area (Å²) >= 11 is 1.08. The van der Waals surface area contributed by atoms with Crippen molar-refractivity contribution >= 4 is 34.8 Å². The number of halogens is 3. The minimum atomic E-state index is -4.40. The van der Waals surface area contributed by atoms with E-state index in [9.17, 15) is 22.8 Å². The molecule has 6 nitrogen and oxygen atoms in total. The first-order valence-corrected chi connectivity index (χ1v) is 9.32. The van der Waals surface area contributed by atoms with Crippen LogP contribution in [-0.2, 0) is 18.0 Å². The number of aromatic nitrogens is 2. The summed E-state index contributed by atoms with van der Waals surface area (Å²) in [4.78, 5) is 28.6. The molecule has 3 aromatic rings. The van der Waals surface area contributed by atoms with Gasteiger partial charge in [-0.05, 0) is 29.8 Å². The van der Waals surface area contributed by atoms with Crippen molar-refractivity contribution in [2.24, 2.45) is 12.1 Å². The first-order chi connectivity index (χ1) is 13.8. The second kappa shape index (κ2) is 8.48. The standard InChI is InChI=1S/C19H15F3N4O2S/c1-26-17(28)14-4-2-3-5-15(14)24-18(26)29-11-16(27)25-23-10-12-6-8-13(9-7-12)19(20,21)22/h2-10H,11H2,1H3,(H,25,27)/b23-10+. The van der Waals surface area contributed by atoms with Gasteiger partial charge in [-0.1, -0.05) is 36.0 Å². The van der Waals surface area contributed by atoms with Crippen LogP contribution in [0.1, 0.15) is 11.1 Å². The maximum atomic E-state index is 12.5. The number of para-hydroxylation sites is 1. The van der Waals surface area contributed by atoms with Gasteiger partial charge in [0.05, 0.1) is 28.4 Å². The van der Waals surface area contributed by atoms with Crippen molar-refractivity contribution in [3.8, 4) is 0 Å². The molecule has 0 aliphatic rings. The average Bonchev–Trinajstić information content (AvgIpc) is 2.69. The Morgan fingerprint density at radius 1 is 1.21 bits per heavy atom. The van der Waals surface area contributed by atoms with Gasteiger partial charge in [-0.25, -0.2) is 10.4 Å². The van der Waals surface area contributed by atoms with Gasteiger partial charge in [0.25, 0.3) is 11.5 Å². The molecule has 0 radical (unpaired) electrons. The molecule has 29 heavy (non-hydrogen) atoms. The van der Waals surface area contributed by atoms with E-state index >= 15 is 0 Å². The number of carbonyl (C=O) groups excluding carboxylic acids is 1. The third-order valence-corrected chi connectivity index (χ3v) is 4.95. The van der Waals surface area contributed by atoms with E-state index in [-0.39, 0.29) is 11.3 Å². The minimum absolute atomic E-state index is 0.0387. The van der Waals surface area contributed by atoms with Crippen molar-refractivity contribution in [1.82, 2.24) is 15.0 Å². The number of nitrogens with zero attached hydrogens (tertiary/aromatic N) is 3. The second-order valence-corrected chi connectivity index (χ2v) is 6.92. The quantitative estimate of drug-likeness (QED) is 0.298. The third kappa shape index (κ3) is 5.02. The zero-order valence-corrected chi connectivity index (χ0v) is 15.9. The second-order valence-electron chi connectivity index (χ2n) is 5.98. The van der Waals surface area contributed by atoms with Crippen molar-refractivity contribution < 1.29 is 18.0 Å². The Morgan fingerprint density at radius 2 is 1.90 bits per heavy atom. The molecule has 0 spiro atoms. The molecule has 0 saturated heterocycles. The fourth-order valence-electron chi connectivity index (χ4n) is 2.43. The molecule has 0 aliphatic heterocycles. The molecular formula is C19H15F3N4O2S. The molecule has 0 aliphatic carbocycles. The Bertz CT molecular complexity index is 1120. The van der Waals surface area contributed by atoms with Gasteiger partial charge in [-0.2, -0.15) is 18.3 Å². The molecule has 1 aromatic heterocycles. The summed E-state index contributed by atoms with van der Waals surface area (Å²) in [5.41, 5.74) is 2.27. The van der Waals surface area contributed by atoms with E-state index in [1.165, 1.54) is 22.9 Å². The summed E-state index contributed by atoms with van der Waals surface area (Å²) in [6.45, 7) is 0. The van der Waals surface area contributed by atoms with Gasteiger partial charge >= 0.3 is 6.18 Å². The number of fused-ring (bicyclic) bond motifs is 1. The van der Waals surface area contributed by atoms with Gasteiger partial charge in [-0.3, -0.25) is 14.2 Å². The molecule has 2 aromatic carbocycles. The molecule has 0 saturated carbocycles. The first-order valence-electron chi connectivity index (χ1n) is 8.33. The van der Waals surface area contributed by atoms with E-state index in [4.69, 9.17) is 0 Å². The number of thioether (sulfide) groups is 1. The zero-order valence-electron chi connectivity index (χ0n) is 15.1. The summed E-state index contributed by atoms with van der Waals surface area (Å²) in [5, 5.41) is 4.60. The molecule has 1 N–H and O–H groups in total. The number of carbonyl (C=O) groups is 1. The summed E-state index contributed by atoms with van der Waals surface area (Å²) in [5.74, 6) is -0.483. The summed E-state index contributed by atoms with van der Waals surface area (Å²) < 4.78 is 38.9. The number of nitrogens with one attached hydrogen (secondary N) is 1. The highest BCUT2D eigenvalue weighted by Crippen LogP contribution is 2.28. The number of alkyl halides is 3. The zero-order chi connectivity index (χ0) is 21.0. The van der Waals surface area contributed by atoms with Crippen LogP contribution in [0.15, 0.2) is 63.6 Å². The van der Waals surface area contributed by atoms with Crippen molar-refractivity contribution in [3.05, 3.63) is 70.0 Å². The highest BCUT2D eigenvalue weighted by Gasteiger charge is 2.29. The molecule has 1 heterocycles. The maximum Gasteiger partial charge on any atom is 0.416 e. The Labute approximate surface area is 167 Å². The SMILES string of the molecule is Cn1c(SCC(=O)N/N=C/c2ccc(C(F)(F)F)cc2)nc2ccccc2c1=O. The van der Waals surface area contributed by atoms with E-state index in [2.05, 4.69) is 15.5 Å². The lowest BCUT2D eigenvalue weighted by Crippen LogP contribution is -2.23. The van der Waals surface area contributed by atoms with Crippen LogP contribution in [0, 0.1) is 0 Å². The van der Waals surface area contributed by atoms with Crippen LogP contribution in [0.25, 0.3) is 10.9 Å². The van der Waals surface area contributed by atoms with Crippen molar-refractivity contribution in [2.75, 3.05) is 5.75 Å². The largest absolute Gasteiger partial charge is 0.416 e. The number of benzene rings is 2. The van der Waals surface area contributed by atoms with Gasteiger partial charge in [0.15, 0.2) is 5.16 Å². The minimum Gasteiger partial charge on any atom is -0.290 e.